The zero-order valence-electron chi connectivity index (χ0n) is 15.2. The Bertz CT molecular complexity index is 549. The Hall–Kier alpha value is -0.0900. The fourth-order valence-corrected chi connectivity index (χ4v) is 5.10. The standard InChI is InChI=1S/C16H31N3O3S.HI/c1-12(2)18-15(17-9-13-6-8-23(21,22)10-13)19-7-5-14(20)16(3,4)11-19;/h12-14,20H,5-11H2,1-4H3,(H,17,18);1H. The van der Waals surface area contributed by atoms with Crippen LogP contribution in [0.5, 0.6) is 0 Å². The van der Waals surface area contributed by atoms with Crippen molar-refractivity contribution in [1.82, 2.24) is 10.2 Å². The highest BCUT2D eigenvalue weighted by atomic mass is 127. The number of halogens is 1. The molecular formula is C16H32IN3O3S. The smallest absolute Gasteiger partial charge is 0.194 e. The summed E-state index contributed by atoms with van der Waals surface area (Å²) in [6.07, 6.45) is 1.15. The molecule has 0 amide bonds. The lowest BCUT2D eigenvalue weighted by molar-refractivity contribution is -0.00515. The van der Waals surface area contributed by atoms with Gasteiger partial charge in [0.25, 0.3) is 0 Å². The van der Waals surface area contributed by atoms with Gasteiger partial charge in [0.05, 0.1) is 17.6 Å². The highest BCUT2D eigenvalue weighted by Crippen LogP contribution is 2.29. The summed E-state index contributed by atoms with van der Waals surface area (Å²) in [5.41, 5.74) is -0.172. The fraction of sp³-hybridized carbons (Fsp3) is 0.938. The molecule has 2 aliphatic heterocycles. The molecule has 2 N–H and O–H groups in total. The van der Waals surface area contributed by atoms with E-state index in [4.69, 9.17) is 4.99 Å². The lowest BCUT2D eigenvalue weighted by Gasteiger charge is -2.43. The summed E-state index contributed by atoms with van der Waals surface area (Å²) in [4.78, 5) is 6.90. The highest BCUT2D eigenvalue weighted by molar-refractivity contribution is 14.0. The number of sulfone groups is 1. The van der Waals surface area contributed by atoms with Gasteiger partial charge in [-0.2, -0.15) is 0 Å². The summed E-state index contributed by atoms with van der Waals surface area (Å²) in [5.74, 6) is 1.52. The van der Waals surface area contributed by atoms with E-state index in [1.807, 2.05) is 0 Å². The van der Waals surface area contributed by atoms with Gasteiger partial charge in [0.15, 0.2) is 15.8 Å². The van der Waals surface area contributed by atoms with Gasteiger partial charge >= 0.3 is 0 Å². The molecule has 0 aliphatic carbocycles. The summed E-state index contributed by atoms with van der Waals surface area (Å²) in [5, 5.41) is 13.5. The van der Waals surface area contributed by atoms with Crippen molar-refractivity contribution in [1.29, 1.82) is 0 Å². The first-order valence-electron chi connectivity index (χ1n) is 8.53. The maximum absolute atomic E-state index is 11.6. The zero-order chi connectivity index (χ0) is 17.3. The number of guanidine groups is 1. The normalized spacial score (nSPS) is 29.4. The molecule has 2 aliphatic rings. The monoisotopic (exact) mass is 473 g/mol. The first kappa shape index (κ1) is 22.0. The van der Waals surface area contributed by atoms with Gasteiger partial charge in [-0.25, -0.2) is 8.42 Å². The molecule has 2 rings (SSSR count). The van der Waals surface area contributed by atoms with Gasteiger partial charge in [-0.15, -0.1) is 24.0 Å². The first-order chi connectivity index (χ1) is 10.6. The summed E-state index contributed by atoms with van der Waals surface area (Å²) >= 11 is 0. The Kier molecular flexibility index (Phi) is 7.80. The van der Waals surface area contributed by atoms with Crippen molar-refractivity contribution < 1.29 is 13.5 Å². The predicted octanol–water partition coefficient (Wildman–Crippen LogP) is 1.49. The number of nitrogens with zero attached hydrogens (tertiary/aromatic N) is 2. The third-order valence-electron chi connectivity index (χ3n) is 4.72. The second kappa shape index (κ2) is 8.53. The van der Waals surface area contributed by atoms with E-state index < -0.39 is 9.84 Å². The number of hydrogen-bond acceptors (Lipinski definition) is 4. The van der Waals surface area contributed by atoms with Crippen LogP contribution in [0.4, 0.5) is 0 Å². The average molecular weight is 473 g/mol. The minimum atomic E-state index is -2.85. The topological polar surface area (TPSA) is 82.0 Å². The van der Waals surface area contributed by atoms with E-state index in [1.165, 1.54) is 0 Å². The predicted molar refractivity (Wildman–Crippen MR) is 109 cm³/mol. The van der Waals surface area contributed by atoms with Crippen LogP contribution >= 0.6 is 24.0 Å². The minimum absolute atomic E-state index is 0. The highest BCUT2D eigenvalue weighted by Gasteiger charge is 2.36. The molecular weight excluding hydrogens is 441 g/mol. The quantitative estimate of drug-likeness (QED) is 0.369. The van der Waals surface area contributed by atoms with Crippen molar-refractivity contribution in [2.24, 2.45) is 16.3 Å². The third-order valence-corrected chi connectivity index (χ3v) is 6.55. The van der Waals surface area contributed by atoms with Crippen molar-refractivity contribution in [3.8, 4) is 0 Å². The van der Waals surface area contributed by atoms with Gasteiger partial charge in [-0.1, -0.05) is 13.8 Å². The van der Waals surface area contributed by atoms with E-state index in [2.05, 4.69) is 37.9 Å². The summed E-state index contributed by atoms with van der Waals surface area (Å²) in [6.45, 7) is 10.3. The van der Waals surface area contributed by atoms with Crippen molar-refractivity contribution in [3.05, 3.63) is 0 Å². The number of aliphatic hydroxyl groups excluding tert-OH is 1. The first-order valence-corrected chi connectivity index (χ1v) is 10.4. The average Bonchev–Trinajstić information content (AvgIpc) is 2.77. The van der Waals surface area contributed by atoms with E-state index in [0.29, 0.717) is 18.7 Å². The van der Waals surface area contributed by atoms with Gasteiger partial charge in [-0.05, 0) is 32.6 Å². The largest absolute Gasteiger partial charge is 0.392 e. The van der Waals surface area contributed by atoms with Crippen LogP contribution in [0.3, 0.4) is 0 Å². The van der Waals surface area contributed by atoms with Gasteiger partial charge in [-0.3, -0.25) is 4.99 Å². The van der Waals surface area contributed by atoms with Crippen LogP contribution in [0.2, 0.25) is 0 Å². The van der Waals surface area contributed by atoms with E-state index >= 15 is 0 Å². The van der Waals surface area contributed by atoms with E-state index in [-0.39, 0.29) is 53.2 Å². The fourth-order valence-electron chi connectivity index (χ4n) is 3.25. The molecule has 142 valence electrons. The van der Waals surface area contributed by atoms with Crippen molar-refractivity contribution in [2.45, 2.75) is 52.7 Å². The molecule has 0 spiro atoms. The second-order valence-corrected chi connectivity index (χ2v) is 10.2. The van der Waals surface area contributed by atoms with Crippen LogP contribution < -0.4 is 5.32 Å². The number of aliphatic imine (C=N–C) groups is 1. The molecule has 2 saturated heterocycles. The molecule has 24 heavy (non-hydrogen) atoms. The van der Waals surface area contributed by atoms with E-state index in [1.54, 1.807) is 0 Å². The maximum Gasteiger partial charge on any atom is 0.194 e. The summed E-state index contributed by atoms with van der Waals surface area (Å²) < 4.78 is 23.2. The van der Waals surface area contributed by atoms with Crippen molar-refractivity contribution >= 4 is 39.8 Å². The van der Waals surface area contributed by atoms with Crippen molar-refractivity contribution in [2.75, 3.05) is 31.1 Å². The van der Waals surface area contributed by atoms with E-state index in [0.717, 1.165) is 25.5 Å². The molecule has 0 bridgehead atoms. The lowest BCUT2D eigenvalue weighted by Crippen LogP contribution is -2.55. The molecule has 0 saturated carbocycles. The van der Waals surface area contributed by atoms with Crippen LogP contribution in [0.15, 0.2) is 4.99 Å². The summed E-state index contributed by atoms with van der Waals surface area (Å²) in [6, 6.07) is 0.260. The maximum atomic E-state index is 11.6. The Labute approximate surface area is 163 Å². The number of piperidine rings is 1. The number of nitrogens with one attached hydrogen (secondary N) is 1. The Morgan fingerprint density at radius 2 is 2.04 bits per heavy atom. The number of rotatable bonds is 3. The van der Waals surface area contributed by atoms with Crippen LogP contribution in [0.25, 0.3) is 0 Å². The molecule has 0 radical (unpaired) electrons. The van der Waals surface area contributed by atoms with Crippen molar-refractivity contribution in [3.63, 3.8) is 0 Å². The molecule has 8 heteroatoms. The van der Waals surface area contributed by atoms with Gasteiger partial charge in [0.1, 0.15) is 0 Å². The Morgan fingerprint density at radius 3 is 2.54 bits per heavy atom. The van der Waals surface area contributed by atoms with Gasteiger partial charge < -0.3 is 15.3 Å². The number of hydrogen-bond donors (Lipinski definition) is 2. The zero-order valence-corrected chi connectivity index (χ0v) is 18.3. The second-order valence-electron chi connectivity index (χ2n) is 7.95. The summed E-state index contributed by atoms with van der Waals surface area (Å²) in [7, 11) is -2.85. The minimum Gasteiger partial charge on any atom is -0.392 e. The van der Waals surface area contributed by atoms with Crippen LogP contribution in [0.1, 0.15) is 40.5 Å². The molecule has 0 aromatic rings. The van der Waals surface area contributed by atoms with E-state index in [9.17, 15) is 13.5 Å². The number of likely N-dealkylation sites (tertiary alicyclic amines) is 1. The SMILES string of the molecule is CC(C)NC(=NCC1CCS(=O)(=O)C1)N1CCC(O)C(C)(C)C1.I. The number of aliphatic hydroxyl groups is 1. The molecule has 0 aromatic heterocycles. The molecule has 2 unspecified atom stereocenters. The molecule has 2 atom stereocenters. The van der Waals surface area contributed by atoms with Crippen LogP contribution in [-0.2, 0) is 9.84 Å². The third kappa shape index (κ3) is 6.01. The van der Waals surface area contributed by atoms with Crippen LogP contribution in [0, 0.1) is 11.3 Å². The molecule has 6 nitrogen and oxygen atoms in total. The van der Waals surface area contributed by atoms with Gasteiger partial charge in [0.2, 0.25) is 0 Å². The molecule has 0 aromatic carbocycles. The Morgan fingerprint density at radius 1 is 1.38 bits per heavy atom. The lowest BCUT2D eigenvalue weighted by atomic mass is 9.81. The molecule has 2 fully saturated rings. The molecule has 2 heterocycles. The Balaban J connectivity index is 0.00000288. The van der Waals surface area contributed by atoms with Gasteiger partial charge in [0, 0.05) is 31.1 Å². The van der Waals surface area contributed by atoms with Crippen LogP contribution in [-0.4, -0.2) is 67.7 Å².